The minimum atomic E-state index is -0.496. The summed E-state index contributed by atoms with van der Waals surface area (Å²) < 4.78 is 5.22. The predicted molar refractivity (Wildman–Crippen MR) is 72.3 cm³/mol. The van der Waals surface area contributed by atoms with Crippen molar-refractivity contribution in [3.05, 3.63) is 34.7 Å². The molecule has 0 aliphatic rings. The highest BCUT2D eigenvalue weighted by molar-refractivity contribution is 5.88. The lowest BCUT2D eigenvalue weighted by molar-refractivity contribution is 0.467. The van der Waals surface area contributed by atoms with Gasteiger partial charge in [0.05, 0.1) is 5.39 Å². The van der Waals surface area contributed by atoms with Crippen molar-refractivity contribution in [3.63, 3.8) is 0 Å². The molecule has 0 spiro atoms. The van der Waals surface area contributed by atoms with Gasteiger partial charge in [0.15, 0.2) is 11.4 Å². The van der Waals surface area contributed by atoms with E-state index in [1.165, 1.54) is 0 Å². The number of aromatic hydroxyl groups is 1. The Morgan fingerprint density at radius 3 is 2.78 bits per heavy atom. The summed E-state index contributed by atoms with van der Waals surface area (Å²) in [5.74, 6) is 0.000420. The maximum Gasteiger partial charge on any atom is 0.363 e. The molecule has 4 heteroatoms. The maximum atomic E-state index is 11.9. The molecule has 0 fully saturated rings. The molecule has 2 rings (SSSR count). The molecule has 1 aromatic carbocycles. The van der Waals surface area contributed by atoms with Gasteiger partial charge in [0.1, 0.15) is 5.58 Å². The van der Waals surface area contributed by atoms with E-state index in [1.807, 2.05) is 0 Å². The number of hydrogen-bond acceptors (Lipinski definition) is 4. The van der Waals surface area contributed by atoms with E-state index in [-0.39, 0.29) is 11.4 Å². The third-order valence-electron chi connectivity index (χ3n) is 2.99. The molecular formula is C14H17NO3. The summed E-state index contributed by atoms with van der Waals surface area (Å²) in [6.07, 6.45) is 1.99. The minimum absolute atomic E-state index is 0.000420. The highest BCUT2D eigenvalue weighted by atomic mass is 16.4. The summed E-state index contributed by atoms with van der Waals surface area (Å²) in [5, 5.41) is 10.8. The number of fused-ring (bicyclic) bond motifs is 1. The van der Waals surface area contributed by atoms with E-state index in [1.54, 1.807) is 36.2 Å². The van der Waals surface area contributed by atoms with Gasteiger partial charge < -0.3 is 14.4 Å². The molecule has 4 nitrogen and oxygen atoms in total. The largest absolute Gasteiger partial charge is 0.505 e. The second kappa shape index (κ2) is 5.12. The van der Waals surface area contributed by atoms with Crippen molar-refractivity contribution in [1.29, 1.82) is 0 Å². The van der Waals surface area contributed by atoms with Gasteiger partial charge >= 0.3 is 5.63 Å². The molecule has 18 heavy (non-hydrogen) atoms. The van der Waals surface area contributed by atoms with E-state index in [4.69, 9.17) is 4.42 Å². The third-order valence-corrected chi connectivity index (χ3v) is 2.99. The molecule has 1 N–H and O–H groups in total. The normalized spacial score (nSPS) is 10.8. The van der Waals surface area contributed by atoms with Gasteiger partial charge in [-0.15, -0.1) is 0 Å². The number of anilines is 1. The SMILES string of the molecule is CCCCN(C)c1c(O)c2ccccc2oc1=O. The standard InChI is InChI=1S/C14H17NO3/c1-3-4-9-15(2)12-13(16)10-7-5-6-8-11(10)18-14(12)17/h5-8,16H,3-4,9H2,1-2H3. The van der Waals surface area contributed by atoms with Crippen LogP contribution in [0.3, 0.4) is 0 Å². The molecule has 2 aromatic rings. The molecule has 0 aliphatic heterocycles. The van der Waals surface area contributed by atoms with Gasteiger partial charge in [-0.25, -0.2) is 4.79 Å². The van der Waals surface area contributed by atoms with Crippen molar-refractivity contribution in [2.45, 2.75) is 19.8 Å². The van der Waals surface area contributed by atoms with E-state index in [2.05, 4.69) is 6.92 Å². The molecule has 0 radical (unpaired) electrons. The van der Waals surface area contributed by atoms with Crippen LogP contribution in [0.2, 0.25) is 0 Å². The molecule has 0 amide bonds. The van der Waals surface area contributed by atoms with E-state index >= 15 is 0 Å². The first kappa shape index (κ1) is 12.5. The van der Waals surface area contributed by atoms with Crippen molar-refractivity contribution in [2.75, 3.05) is 18.5 Å². The van der Waals surface area contributed by atoms with Gasteiger partial charge in [-0.1, -0.05) is 25.5 Å². The minimum Gasteiger partial charge on any atom is -0.505 e. The third kappa shape index (κ3) is 2.18. The van der Waals surface area contributed by atoms with Gasteiger partial charge in [0.2, 0.25) is 0 Å². The molecule has 0 atom stereocenters. The van der Waals surface area contributed by atoms with Crippen LogP contribution < -0.4 is 10.5 Å². The molecule has 96 valence electrons. The Kier molecular flexibility index (Phi) is 3.55. The Bertz CT molecular complexity index is 604. The van der Waals surface area contributed by atoms with Crippen LogP contribution in [0.4, 0.5) is 5.69 Å². The Labute approximate surface area is 105 Å². The fourth-order valence-electron chi connectivity index (χ4n) is 1.97. The number of benzene rings is 1. The Balaban J connectivity index is 2.53. The summed E-state index contributed by atoms with van der Waals surface area (Å²) >= 11 is 0. The first-order valence-corrected chi connectivity index (χ1v) is 6.11. The number of unbranched alkanes of at least 4 members (excludes halogenated alkanes) is 1. The summed E-state index contributed by atoms with van der Waals surface area (Å²) in [5.41, 5.74) is 0.152. The summed E-state index contributed by atoms with van der Waals surface area (Å²) in [7, 11) is 1.79. The van der Waals surface area contributed by atoms with Crippen LogP contribution in [-0.2, 0) is 0 Å². The quantitative estimate of drug-likeness (QED) is 0.844. The number of nitrogens with zero attached hydrogens (tertiary/aromatic N) is 1. The molecule has 0 unspecified atom stereocenters. The van der Waals surface area contributed by atoms with Crippen LogP contribution in [0, 0.1) is 0 Å². The first-order chi connectivity index (χ1) is 8.65. The number of para-hydroxylation sites is 1. The van der Waals surface area contributed by atoms with Gasteiger partial charge in [-0.3, -0.25) is 0 Å². The zero-order valence-electron chi connectivity index (χ0n) is 10.6. The molecule has 1 heterocycles. The van der Waals surface area contributed by atoms with Gasteiger partial charge in [0, 0.05) is 13.6 Å². The summed E-state index contributed by atoms with van der Waals surface area (Å²) in [6, 6.07) is 6.99. The molecule has 0 bridgehead atoms. The Morgan fingerprint density at radius 1 is 1.33 bits per heavy atom. The van der Waals surface area contributed by atoms with Crippen LogP contribution in [0.15, 0.2) is 33.5 Å². The van der Waals surface area contributed by atoms with Crippen molar-refractivity contribution >= 4 is 16.7 Å². The van der Waals surface area contributed by atoms with Gasteiger partial charge in [-0.05, 0) is 18.6 Å². The second-order valence-electron chi connectivity index (χ2n) is 4.36. The van der Waals surface area contributed by atoms with Crippen LogP contribution in [0.25, 0.3) is 11.0 Å². The van der Waals surface area contributed by atoms with Gasteiger partial charge in [-0.2, -0.15) is 0 Å². The second-order valence-corrected chi connectivity index (χ2v) is 4.36. The molecule has 1 aromatic heterocycles. The maximum absolute atomic E-state index is 11.9. The molecule has 0 saturated heterocycles. The van der Waals surface area contributed by atoms with Crippen molar-refractivity contribution < 1.29 is 9.52 Å². The summed E-state index contributed by atoms with van der Waals surface area (Å²) in [4.78, 5) is 13.6. The highest BCUT2D eigenvalue weighted by Gasteiger charge is 2.16. The van der Waals surface area contributed by atoms with Gasteiger partial charge in [0.25, 0.3) is 0 Å². The first-order valence-electron chi connectivity index (χ1n) is 6.11. The van der Waals surface area contributed by atoms with Crippen LogP contribution in [0.5, 0.6) is 5.75 Å². The van der Waals surface area contributed by atoms with E-state index in [0.29, 0.717) is 17.5 Å². The lowest BCUT2D eigenvalue weighted by Gasteiger charge is -2.18. The molecule has 0 saturated carbocycles. The van der Waals surface area contributed by atoms with E-state index in [0.717, 1.165) is 12.8 Å². The van der Waals surface area contributed by atoms with E-state index in [9.17, 15) is 9.90 Å². The average molecular weight is 247 g/mol. The molecule has 0 aliphatic carbocycles. The van der Waals surface area contributed by atoms with Crippen LogP contribution in [0.1, 0.15) is 19.8 Å². The topological polar surface area (TPSA) is 53.7 Å². The van der Waals surface area contributed by atoms with Crippen molar-refractivity contribution in [1.82, 2.24) is 0 Å². The predicted octanol–water partition coefficient (Wildman–Crippen LogP) is 2.73. The van der Waals surface area contributed by atoms with Crippen LogP contribution >= 0.6 is 0 Å². The smallest absolute Gasteiger partial charge is 0.363 e. The highest BCUT2D eigenvalue weighted by Crippen LogP contribution is 2.31. The van der Waals surface area contributed by atoms with E-state index < -0.39 is 5.63 Å². The van der Waals surface area contributed by atoms with Crippen LogP contribution in [-0.4, -0.2) is 18.7 Å². The average Bonchev–Trinajstić information content (AvgIpc) is 2.36. The lowest BCUT2D eigenvalue weighted by atomic mass is 10.2. The Hall–Kier alpha value is -1.97. The zero-order valence-corrected chi connectivity index (χ0v) is 10.6. The summed E-state index contributed by atoms with van der Waals surface area (Å²) in [6.45, 7) is 2.80. The Morgan fingerprint density at radius 2 is 2.06 bits per heavy atom. The number of hydrogen-bond donors (Lipinski definition) is 1. The van der Waals surface area contributed by atoms with Crippen molar-refractivity contribution in [3.8, 4) is 5.75 Å². The van der Waals surface area contributed by atoms with Crippen molar-refractivity contribution in [2.24, 2.45) is 0 Å². The number of rotatable bonds is 4. The fourth-order valence-corrected chi connectivity index (χ4v) is 1.97. The zero-order chi connectivity index (χ0) is 13.1. The lowest BCUT2D eigenvalue weighted by Crippen LogP contribution is -2.24. The monoisotopic (exact) mass is 247 g/mol. The fraction of sp³-hybridized carbons (Fsp3) is 0.357. The molecular weight excluding hydrogens is 230 g/mol.